The standard InChI is InChI=1S/C13H18BrNS/c14-12-1-3-13(4-2-12)16-10-7-11-5-8-15-9-6-11/h1-4,11,15H,5-10H2. The molecule has 3 heteroatoms. The van der Waals surface area contributed by atoms with Crippen LogP contribution in [-0.4, -0.2) is 18.8 Å². The number of thioether (sulfide) groups is 1. The quantitative estimate of drug-likeness (QED) is 0.846. The van der Waals surface area contributed by atoms with Crippen LogP contribution in [0.2, 0.25) is 0 Å². The minimum atomic E-state index is 0.948. The first kappa shape index (κ1) is 12.5. The van der Waals surface area contributed by atoms with Crippen molar-refractivity contribution < 1.29 is 0 Å². The second-order valence-corrected chi connectivity index (χ2v) is 6.37. The largest absolute Gasteiger partial charge is 0.317 e. The molecule has 1 N–H and O–H groups in total. The molecule has 0 saturated carbocycles. The molecule has 1 aromatic carbocycles. The van der Waals surface area contributed by atoms with E-state index in [1.54, 1.807) is 0 Å². The third kappa shape index (κ3) is 4.11. The highest BCUT2D eigenvalue weighted by Crippen LogP contribution is 2.24. The van der Waals surface area contributed by atoms with Crippen LogP contribution in [0.4, 0.5) is 0 Å². The second-order valence-electron chi connectivity index (χ2n) is 4.28. The predicted molar refractivity (Wildman–Crippen MR) is 75.1 cm³/mol. The van der Waals surface area contributed by atoms with Gasteiger partial charge in [-0.25, -0.2) is 0 Å². The lowest BCUT2D eigenvalue weighted by Crippen LogP contribution is -2.27. The molecule has 1 nitrogen and oxygen atoms in total. The molecule has 0 bridgehead atoms. The summed E-state index contributed by atoms with van der Waals surface area (Å²) in [4.78, 5) is 1.39. The van der Waals surface area contributed by atoms with E-state index in [0.29, 0.717) is 0 Å². The van der Waals surface area contributed by atoms with E-state index in [-0.39, 0.29) is 0 Å². The molecule has 0 radical (unpaired) electrons. The minimum Gasteiger partial charge on any atom is -0.317 e. The highest BCUT2D eigenvalue weighted by Gasteiger charge is 2.12. The summed E-state index contributed by atoms with van der Waals surface area (Å²) < 4.78 is 1.16. The van der Waals surface area contributed by atoms with Gasteiger partial charge in [0.25, 0.3) is 0 Å². The van der Waals surface area contributed by atoms with Gasteiger partial charge in [-0.15, -0.1) is 11.8 Å². The van der Waals surface area contributed by atoms with E-state index in [4.69, 9.17) is 0 Å². The van der Waals surface area contributed by atoms with Crippen LogP contribution in [0, 0.1) is 5.92 Å². The normalized spacial score (nSPS) is 17.6. The molecule has 0 unspecified atom stereocenters. The Hall–Kier alpha value is 0.01000. The van der Waals surface area contributed by atoms with Gasteiger partial charge in [-0.1, -0.05) is 15.9 Å². The Bertz CT molecular complexity index is 306. The maximum Gasteiger partial charge on any atom is 0.0176 e. The van der Waals surface area contributed by atoms with Crippen molar-refractivity contribution in [3.8, 4) is 0 Å². The molecule has 0 spiro atoms. The Morgan fingerprint density at radius 1 is 1.19 bits per heavy atom. The monoisotopic (exact) mass is 299 g/mol. The van der Waals surface area contributed by atoms with E-state index >= 15 is 0 Å². The molecule has 1 aliphatic heterocycles. The summed E-state index contributed by atoms with van der Waals surface area (Å²) in [6.45, 7) is 2.43. The van der Waals surface area contributed by atoms with E-state index < -0.39 is 0 Å². The molecule has 0 atom stereocenters. The van der Waals surface area contributed by atoms with Crippen LogP contribution < -0.4 is 5.32 Å². The Kier molecular flexibility index (Phi) is 5.20. The smallest absolute Gasteiger partial charge is 0.0176 e. The third-order valence-corrected chi connectivity index (χ3v) is 4.64. The van der Waals surface area contributed by atoms with Crippen LogP contribution >= 0.6 is 27.7 Å². The molecular formula is C13H18BrNS. The zero-order valence-electron chi connectivity index (χ0n) is 9.42. The van der Waals surface area contributed by atoms with Crippen LogP contribution in [0.3, 0.4) is 0 Å². The first-order chi connectivity index (χ1) is 7.84. The van der Waals surface area contributed by atoms with E-state index in [1.807, 2.05) is 11.8 Å². The van der Waals surface area contributed by atoms with Crippen molar-refractivity contribution in [3.63, 3.8) is 0 Å². The van der Waals surface area contributed by atoms with Crippen LogP contribution in [0.1, 0.15) is 19.3 Å². The Morgan fingerprint density at radius 2 is 1.88 bits per heavy atom. The lowest BCUT2D eigenvalue weighted by Gasteiger charge is -2.22. The zero-order chi connectivity index (χ0) is 11.2. The topological polar surface area (TPSA) is 12.0 Å². The summed E-state index contributed by atoms with van der Waals surface area (Å²) >= 11 is 5.44. The van der Waals surface area contributed by atoms with Gasteiger partial charge < -0.3 is 5.32 Å². The van der Waals surface area contributed by atoms with Crippen LogP contribution in [0.5, 0.6) is 0 Å². The molecule has 1 heterocycles. The van der Waals surface area contributed by atoms with Gasteiger partial charge in [0.15, 0.2) is 0 Å². The predicted octanol–water partition coefficient (Wildman–Crippen LogP) is 3.93. The Morgan fingerprint density at radius 3 is 2.56 bits per heavy atom. The van der Waals surface area contributed by atoms with E-state index in [9.17, 15) is 0 Å². The summed E-state index contributed by atoms with van der Waals surface area (Å²) in [7, 11) is 0. The average molecular weight is 300 g/mol. The maximum absolute atomic E-state index is 3.46. The highest BCUT2D eigenvalue weighted by molar-refractivity contribution is 9.10. The maximum atomic E-state index is 3.46. The lowest BCUT2D eigenvalue weighted by atomic mass is 9.96. The van der Waals surface area contributed by atoms with E-state index in [1.165, 1.54) is 43.0 Å². The number of nitrogens with one attached hydrogen (secondary N) is 1. The third-order valence-electron chi connectivity index (χ3n) is 3.07. The van der Waals surface area contributed by atoms with Gasteiger partial charge >= 0.3 is 0 Å². The van der Waals surface area contributed by atoms with Crippen molar-refractivity contribution in [3.05, 3.63) is 28.7 Å². The van der Waals surface area contributed by atoms with Crippen LogP contribution in [0.25, 0.3) is 0 Å². The zero-order valence-corrected chi connectivity index (χ0v) is 11.8. The van der Waals surface area contributed by atoms with Gasteiger partial charge in [0.05, 0.1) is 0 Å². The first-order valence-corrected chi connectivity index (χ1v) is 7.71. The highest BCUT2D eigenvalue weighted by atomic mass is 79.9. The minimum absolute atomic E-state index is 0.948. The summed E-state index contributed by atoms with van der Waals surface area (Å²) in [5.41, 5.74) is 0. The number of piperidine rings is 1. The van der Waals surface area contributed by atoms with Crippen molar-refractivity contribution in [2.45, 2.75) is 24.2 Å². The Balaban J connectivity index is 1.69. The molecule has 88 valence electrons. The van der Waals surface area contributed by atoms with Crippen molar-refractivity contribution in [1.82, 2.24) is 5.32 Å². The molecule has 1 aliphatic rings. The van der Waals surface area contributed by atoms with Crippen LogP contribution in [-0.2, 0) is 0 Å². The molecule has 1 aromatic rings. The average Bonchev–Trinajstić information content (AvgIpc) is 2.33. The number of hydrogen-bond donors (Lipinski definition) is 1. The molecule has 0 aromatic heterocycles. The van der Waals surface area contributed by atoms with Crippen molar-refractivity contribution in [2.24, 2.45) is 5.92 Å². The number of rotatable bonds is 4. The molecule has 0 amide bonds. The first-order valence-electron chi connectivity index (χ1n) is 5.94. The number of halogens is 1. The van der Waals surface area contributed by atoms with Crippen molar-refractivity contribution in [1.29, 1.82) is 0 Å². The second kappa shape index (κ2) is 6.67. The molecular weight excluding hydrogens is 282 g/mol. The fourth-order valence-corrected chi connectivity index (χ4v) is 3.32. The molecule has 0 aliphatic carbocycles. The van der Waals surface area contributed by atoms with Gasteiger partial charge in [-0.05, 0) is 68.3 Å². The van der Waals surface area contributed by atoms with Gasteiger partial charge in [-0.2, -0.15) is 0 Å². The Labute approximate surface area is 111 Å². The molecule has 2 rings (SSSR count). The van der Waals surface area contributed by atoms with Gasteiger partial charge in [-0.3, -0.25) is 0 Å². The molecule has 1 saturated heterocycles. The summed E-state index contributed by atoms with van der Waals surface area (Å²) in [5, 5.41) is 3.42. The number of hydrogen-bond acceptors (Lipinski definition) is 2. The lowest BCUT2D eigenvalue weighted by molar-refractivity contribution is 0.367. The van der Waals surface area contributed by atoms with Crippen molar-refractivity contribution >= 4 is 27.7 Å². The van der Waals surface area contributed by atoms with E-state index in [2.05, 4.69) is 45.5 Å². The summed E-state index contributed by atoms with van der Waals surface area (Å²) in [6, 6.07) is 8.62. The van der Waals surface area contributed by atoms with Gasteiger partial charge in [0, 0.05) is 9.37 Å². The van der Waals surface area contributed by atoms with Gasteiger partial charge in [0.1, 0.15) is 0 Å². The molecule has 16 heavy (non-hydrogen) atoms. The fraction of sp³-hybridized carbons (Fsp3) is 0.538. The van der Waals surface area contributed by atoms with Crippen LogP contribution in [0.15, 0.2) is 33.6 Å². The fourth-order valence-electron chi connectivity index (χ4n) is 2.04. The number of benzene rings is 1. The van der Waals surface area contributed by atoms with Crippen molar-refractivity contribution in [2.75, 3.05) is 18.8 Å². The summed E-state index contributed by atoms with van der Waals surface area (Å²) in [5.74, 6) is 2.20. The SMILES string of the molecule is Brc1ccc(SCCC2CCNCC2)cc1. The molecule has 1 fully saturated rings. The summed E-state index contributed by atoms with van der Waals surface area (Å²) in [6.07, 6.45) is 4.09. The van der Waals surface area contributed by atoms with E-state index in [0.717, 1.165) is 10.4 Å². The van der Waals surface area contributed by atoms with Gasteiger partial charge in [0.2, 0.25) is 0 Å².